The molecule has 28 heavy (non-hydrogen) atoms. The SMILES string of the molecule is CCOc1ccc(CN(C)C(=NC)NCCc2nc(-c3ccco3)n[nH]2)cc1. The summed E-state index contributed by atoms with van der Waals surface area (Å²) < 4.78 is 10.8. The lowest BCUT2D eigenvalue weighted by Gasteiger charge is -2.22. The third-order valence-corrected chi connectivity index (χ3v) is 4.15. The van der Waals surface area contributed by atoms with Crippen molar-refractivity contribution in [3.8, 4) is 17.3 Å². The van der Waals surface area contributed by atoms with E-state index in [0.717, 1.165) is 24.1 Å². The molecule has 1 aromatic carbocycles. The molecule has 3 aromatic rings. The Labute approximate surface area is 164 Å². The molecule has 0 spiro atoms. The molecule has 8 heteroatoms. The highest BCUT2D eigenvalue weighted by molar-refractivity contribution is 5.79. The molecule has 0 aliphatic heterocycles. The van der Waals surface area contributed by atoms with Crippen molar-refractivity contribution < 1.29 is 9.15 Å². The van der Waals surface area contributed by atoms with Gasteiger partial charge in [-0.2, -0.15) is 5.10 Å². The molecule has 2 N–H and O–H groups in total. The quantitative estimate of drug-likeness (QED) is 0.460. The van der Waals surface area contributed by atoms with Crippen LogP contribution in [0.4, 0.5) is 0 Å². The average Bonchev–Trinajstić information content (AvgIpc) is 3.38. The lowest BCUT2D eigenvalue weighted by Crippen LogP contribution is -2.39. The van der Waals surface area contributed by atoms with Gasteiger partial charge >= 0.3 is 0 Å². The smallest absolute Gasteiger partial charge is 0.216 e. The number of hydrogen-bond donors (Lipinski definition) is 2. The largest absolute Gasteiger partial charge is 0.494 e. The maximum atomic E-state index is 5.49. The van der Waals surface area contributed by atoms with E-state index in [-0.39, 0.29) is 0 Å². The molecule has 3 rings (SSSR count). The maximum absolute atomic E-state index is 5.49. The zero-order valence-corrected chi connectivity index (χ0v) is 16.5. The van der Waals surface area contributed by atoms with Crippen LogP contribution in [0.3, 0.4) is 0 Å². The number of furan rings is 1. The van der Waals surface area contributed by atoms with Crippen LogP contribution in [0.2, 0.25) is 0 Å². The van der Waals surface area contributed by atoms with Gasteiger partial charge in [-0.05, 0) is 36.8 Å². The van der Waals surface area contributed by atoms with Crippen LogP contribution in [-0.2, 0) is 13.0 Å². The zero-order chi connectivity index (χ0) is 19.8. The summed E-state index contributed by atoms with van der Waals surface area (Å²) in [5.41, 5.74) is 1.19. The van der Waals surface area contributed by atoms with Crippen LogP contribution in [-0.4, -0.2) is 53.3 Å². The van der Waals surface area contributed by atoms with Crippen molar-refractivity contribution in [3.63, 3.8) is 0 Å². The Bertz CT molecular complexity index is 871. The van der Waals surface area contributed by atoms with E-state index in [2.05, 4.69) is 42.5 Å². The van der Waals surface area contributed by atoms with Gasteiger partial charge in [-0.15, -0.1) is 0 Å². The van der Waals surface area contributed by atoms with E-state index in [1.807, 2.05) is 38.2 Å². The van der Waals surface area contributed by atoms with Gasteiger partial charge in [0, 0.05) is 33.6 Å². The van der Waals surface area contributed by atoms with Crippen molar-refractivity contribution >= 4 is 5.96 Å². The number of nitrogens with one attached hydrogen (secondary N) is 2. The minimum absolute atomic E-state index is 0.567. The fourth-order valence-electron chi connectivity index (χ4n) is 2.81. The summed E-state index contributed by atoms with van der Waals surface area (Å²) in [6.45, 7) is 4.09. The summed E-state index contributed by atoms with van der Waals surface area (Å²) in [7, 11) is 3.79. The van der Waals surface area contributed by atoms with E-state index in [1.165, 1.54) is 5.56 Å². The van der Waals surface area contributed by atoms with E-state index < -0.39 is 0 Å². The molecule has 2 aromatic heterocycles. The van der Waals surface area contributed by atoms with E-state index in [1.54, 1.807) is 13.3 Å². The lowest BCUT2D eigenvalue weighted by molar-refractivity contribution is 0.340. The van der Waals surface area contributed by atoms with Crippen molar-refractivity contribution in [2.75, 3.05) is 27.2 Å². The Morgan fingerprint density at radius 3 is 2.79 bits per heavy atom. The molecule has 0 aliphatic carbocycles. The van der Waals surface area contributed by atoms with Gasteiger partial charge in [0.05, 0.1) is 12.9 Å². The number of H-pyrrole nitrogens is 1. The summed E-state index contributed by atoms with van der Waals surface area (Å²) >= 11 is 0. The number of aromatic amines is 1. The first-order valence-electron chi connectivity index (χ1n) is 9.28. The minimum Gasteiger partial charge on any atom is -0.494 e. The van der Waals surface area contributed by atoms with Crippen LogP contribution in [0, 0.1) is 0 Å². The van der Waals surface area contributed by atoms with Crippen molar-refractivity contribution in [3.05, 3.63) is 54.0 Å². The number of aliphatic imine (C=N–C) groups is 1. The van der Waals surface area contributed by atoms with E-state index >= 15 is 0 Å². The highest BCUT2D eigenvalue weighted by Gasteiger charge is 2.10. The standard InChI is InChI=1S/C20H26N6O2/c1-4-27-16-9-7-15(8-10-16)14-26(3)20(21-2)22-12-11-18-23-19(25-24-18)17-6-5-13-28-17/h5-10,13H,4,11-12,14H2,1-3H3,(H,21,22)(H,23,24,25). The second-order valence-corrected chi connectivity index (χ2v) is 6.24. The summed E-state index contributed by atoms with van der Waals surface area (Å²) in [4.78, 5) is 10.9. The molecule has 0 saturated carbocycles. The first kappa shape index (κ1) is 19.5. The molecule has 0 radical (unpaired) electrons. The van der Waals surface area contributed by atoms with Gasteiger partial charge < -0.3 is 19.4 Å². The van der Waals surface area contributed by atoms with Gasteiger partial charge in [0.1, 0.15) is 11.6 Å². The lowest BCUT2D eigenvalue weighted by atomic mass is 10.2. The number of ether oxygens (including phenoxy) is 1. The fourth-order valence-corrected chi connectivity index (χ4v) is 2.81. The van der Waals surface area contributed by atoms with Crippen LogP contribution in [0.5, 0.6) is 5.75 Å². The number of rotatable bonds is 8. The molecule has 2 heterocycles. The molecule has 8 nitrogen and oxygen atoms in total. The number of guanidine groups is 1. The van der Waals surface area contributed by atoms with Gasteiger partial charge in [-0.1, -0.05) is 12.1 Å². The second-order valence-electron chi connectivity index (χ2n) is 6.24. The monoisotopic (exact) mass is 382 g/mol. The third-order valence-electron chi connectivity index (χ3n) is 4.15. The zero-order valence-electron chi connectivity index (χ0n) is 16.5. The average molecular weight is 382 g/mol. The molecular formula is C20H26N6O2. The topological polar surface area (TPSA) is 91.6 Å². The number of nitrogens with zero attached hydrogens (tertiary/aromatic N) is 4. The van der Waals surface area contributed by atoms with Crippen LogP contribution >= 0.6 is 0 Å². The number of benzene rings is 1. The molecule has 0 atom stereocenters. The predicted molar refractivity (Wildman–Crippen MR) is 108 cm³/mol. The van der Waals surface area contributed by atoms with Crippen LogP contribution in [0.15, 0.2) is 52.1 Å². The molecule has 0 aliphatic rings. The molecule has 0 amide bonds. The summed E-state index contributed by atoms with van der Waals surface area (Å²) in [5.74, 6) is 3.72. The van der Waals surface area contributed by atoms with Crippen LogP contribution < -0.4 is 10.1 Å². The molecule has 0 bridgehead atoms. The normalized spacial score (nSPS) is 11.5. The van der Waals surface area contributed by atoms with Gasteiger partial charge in [-0.25, -0.2) is 4.98 Å². The maximum Gasteiger partial charge on any atom is 0.216 e. The van der Waals surface area contributed by atoms with E-state index in [9.17, 15) is 0 Å². The number of aromatic nitrogens is 3. The predicted octanol–water partition coefficient (Wildman–Crippen LogP) is 2.71. The third kappa shape index (κ3) is 5.12. The van der Waals surface area contributed by atoms with Crippen molar-refractivity contribution in [2.24, 2.45) is 4.99 Å². The molecular weight excluding hydrogens is 356 g/mol. The highest BCUT2D eigenvalue weighted by atomic mass is 16.5. The molecule has 0 saturated heterocycles. The Morgan fingerprint density at radius 1 is 1.29 bits per heavy atom. The first-order chi connectivity index (χ1) is 13.7. The van der Waals surface area contributed by atoms with Crippen molar-refractivity contribution in [2.45, 2.75) is 19.9 Å². The second kappa shape index (κ2) is 9.59. The first-order valence-corrected chi connectivity index (χ1v) is 9.28. The van der Waals surface area contributed by atoms with Crippen LogP contribution in [0.25, 0.3) is 11.6 Å². The minimum atomic E-state index is 0.567. The van der Waals surface area contributed by atoms with Gasteiger partial charge in [0.25, 0.3) is 0 Å². The van der Waals surface area contributed by atoms with Crippen molar-refractivity contribution in [1.82, 2.24) is 25.4 Å². The summed E-state index contributed by atoms with van der Waals surface area (Å²) in [6, 6.07) is 11.8. The number of hydrogen-bond acceptors (Lipinski definition) is 5. The Kier molecular flexibility index (Phi) is 6.67. The summed E-state index contributed by atoms with van der Waals surface area (Å²) in [5, 5.41) is 10.5. The fraction of sp³-hybridized carbons (Fsp3) is 0.350. The molecule has 0 fully saturated rings. The Hall–Kier alpha value is -3.29. The van der Waals surface area contributed by atoms with Gasteiger partial charge in [0.2, 0.25) is 5.82 Å². The van der Waals surface area contributed by atoms with Gasteiger partial charge in [-0.3, -0.25) is 10.1 Å². The molecule has 148 valence electrons. The van der Waals surface area contributed by atoms with Crippen LogP contribution in [0.1, 0.15) is 18.3 Å². The van der Waals surface area contributed by atoms with Gasteiger partial charge in [0.15, 0.2) is 11.7 Å². The Morgan fingerprint density at radius 2 is 2.11 bits per heavy atom. The van der Waals surface area contributed by atoms with E-state index in [0.29, 0.717) is 31.2 Å². The Balaban J connectivity index is 1.48. The highest BCUT2D eigenvalue weighted by Crippen LogP contribution is 2.15. The van der Waals surface area contributed by atoms with E-state index in [4.69, 9.17) is 9.15 Å². The van der Waals surface area contributed by atoms with Crippen molar-refractivity contribution in [1.29, 1.82) is 0 Å². The summed E-state index contributed by atoms with van der Waals surface area (Å²) in [6.07, 6.45) is 2.31. The molecule has 0 unspecified atom stereocenters.